The number of unbranched alkanes of at least 4 members (excludes halogenated alkanes) is 1. The van der Waals surface area contributed by atoms with Crippen LogP contribution >= 0.6 is 11.6 Å². The van der Waals surface area contributed by atoms with E-state index in [0.29, 0.717) is 29.8 Å². The fourth-order valence-corrected chi connectivity index (χ4v) is 4.17. The average Bonchev–Trinajstić information content (AvgIpc) is 3.29. The highest BCUT2D eigenvalue weighted by Gasteiger charge is 2.25. The van der Waals surface area contributed by atoms with Crippen LogP contribution in [-0.4, -0.2) is 68.0 Å². The zero-order valence-corrected chi connectivity index (χ0v) is 22.6. The SMILES string of the molecule is C=C/C=C(Cl)\C=C/CC(=NC)NC1=C(C)CN(C=O)CC1CCCC.C=O.CCN1CCCC1=O. The molecule has 2 aliphatic heterocycles. The Balaban J connectivity index is 0.000000961. The highest BCUT2D eigenvalue weighted by atomic mass is 35.5. The van der Waals surface area contributed by atoms with Crippen LogP contribution in [0.15, 0.2) is 52.2 Å². The molecular formula is C27H43ClN4O3. The molecule has 7 nitrogen and oxygen atoms in total. The number of likely N-dealkylation sites (tertiary alicyclic amines) is 1. The van der Waals surface area contributed by atoms with Crippen LogP contribution < -0.4 is 5.32 Å². The Morgan fingerprint density at radius 2 is 2.03 bits per heavy atom. The van der Waals surface area contributed by atoms with Gasteiger partial charge in [-0.15, -0.1) is 0 Å². The third-order valence-corrected chi connectivity index (χ3v) is 6.04. The van der Waals surface area contributed by atoms with E-state index in [1.165, 1.54) is 11.3 Å². The van der Waals surface area contributed by atoms with Gasteiger partial charge in [0.05, 0.1) is 0 Å². The van der Waals surface area contributed by atoms with E-state index in [2.05, 4.69) is 30.7 Å². The van der Waals surface area contributed by atoms with Crippen molar-refractivity contribution in [2.75, 3.05) is 33.2 Å². The van der Waals surface area contributed by atoms with Crippen LogP contribution in [0.25, 0.3) is 0 Å². The number of hydrogen-bond acceptors (Lipinski definition) is 4. The molecule has 0 aromatic carbocycles. The summed E-state index contributed by atoms with van der Waals surface area (Å²) in [4.78, 5) is 38.0. The summed E-state index contributed by atoms with van der Waals surface area (Å²) in [5.41, 5.74) is 2.42. The highest BCUT2D eigenvalue weighted by Crippen LogP contribution is 2.25. The molecule has 0 spiro atoms. The van der Waals surface area contributed by atoms with Gasteiger partial charge in [-0.05, 0) is 44.4 Å². The van der Waals surface area contributed by atoms with Gasteiger partial charge >= 0.3 is 0 Å². The van der Waals surface area contributed by atoms with E-state index in [1.54, 1.807) is 19.2 Å². The van der Waals surface area contributed by atoms with Gasteiger partial charge in [-0.2, -0.15) is 0 Å². The van der Waals surface area contributed by atoms with Crippen LogP contribution in [0.1, 0.15) is 59.3 Å². The number of amides is 2. The molecule has 2 aliphatic rings. The molecule has 8 heteroatoms. The van der Waals surface area contributed by atoms with Crippen molar-refractivity contribution in [3.8, 4) is 0 Å². The average molecular weight is 507 g/mol. The molecule has 1 N–H and O–H groups in total. The number of allylic oxidation sites excluding steroid dienone is 4. The van der Waals surface area contributed by atoms with Crippen LogP contribution in [-0.2, 0) is 14.4 Å². The topological polar surface area (TPSA) is 82.1 Å². The summed E-state index contributed by atoms with van der Waals surface area (Å²) in [6, 6.07) is 0. The second-order valence-corrected chi connectivity index (χ2v) is 8.77. The van der Waals surface area contributed by atoms with Crippen LogP contribution in [0.3, 0.4) is 0 Å². The quantitative estimate of drug-likeness (QED) is 0.198. The van der Waals surface area contributed by atoms with Crippen LogP contribution in [0, 0.1) is 5.92 Å². The molecule has 2 amide bonds. The van der Waals surface area contributed by atoms with Crippen molar-refractivity contribution in [1.29, 1.82) is 0 Å². The first-order valence-electron chi connectivity index (χ1n) is 12.2. The molecule has 0 aromatic rings. The summed E-state index contributed by atoms with van der Waals surface area (Å²) in [6.45, 7) is 15.2. The standard InChI is InChI=1S/C20H30ClN3O.C6H11NO.CH2O/c1-5-7-10-17-14-24(15-25)13-16(3)20(17)23-19(22-4)12-8-11-18(21)9-6-2;1-2-7-5-3-4-6(7)8;1-2/h6,8-9,11,15,17H,2,5,7,10,12-14H2,1,3-4H3,(H,22,23);2-5H2,1H3;1H2/b11-8-,18-9+;;. The van der Waals surface area contributed by atoms with Crippen molar-refractivity contribution < 1.29 is 14.4 Å². The van der Waals surface area contributed by atoms with Gasteiger partial charge in [0.2, 0.25) is 12.3 Å². The summed E-state index contributed by atoms with van der Waals surface area (Å²) in [6.07, 6.45) is 14.1. The molecule has 196 valence electrons. The maximum Gasteiger partial charge on any atom is 0.222 e. The smallest absolute Gasteiger partial charge is 0.222 e. The number of aliphatic imine (C=N–C) groups is 1. The Bertz CT molecular complexity index is 789. The monoisotopic (exact) mass is 506 g/mol. The van der Waals surface area contributed by atoms with Gasteiger partial charge in [0.15, 0.2) is 0 Å². The molecule has 0 radical (unpaired) electrons. The lowest BCUT2D eigenvalue weighted by molar-refractivity contribution is -0.127. The van der Waals surface area contributed by atoms with Gasteiger partial charge in [0.1, 0.15) is 12.6 Å². The number of nitrogens with one attached hydrogen (secondary N) is 1. The molecule has 1 saturated heterocycles. The molecule has 0 bridgehead atoms. The number of carbonyl (C=O) groups excluding carboxylic acids is 3. The molecule has 35 heavy (non-hydrogen) atoms. The number of nitrogens with zero attached hydrogens (tertiary/aromatic N) is 3. The van der Waals surface area contributed by atoms with Gasteiger partial charge in [-0.3, -0.25) is 14.6 Å². The van der Waals surface area contributed by atoms with E-state index < -0.39 is 0 Å². The number of rotatable bonds is 10. The van der Waals surface area contributed by atoms with E-state index in [4.69, 9.17) is 16.4 Å². The minimum Gasteiger partial charge on any atom is -0.347 e. The summed E-state index contributed by atoms with van der Waals surface area (Å²) in [7, 11) is 1.79. The fraction of sp³-hybridized carbons (Fsp3) is 0.556. The normalized spacial score (nSPS) is 18.7. The van der Waals surface area contributed by atoms with E-state index in [0.717, 1.165) is 64.0 Å². The minimum atomic E-state index is 0.326. The number of carbonyl (C=O) groups is 3. The lowest BCUT2D eigenvalue weighted by atomic mass is 9.91. The van der Waals surface area contributed by atoms with E-state index in [9.17, 15) is 9.59 Å². The maximum atomic E-state index is 11.2. The van der Waals surface area contributed by atoms with Gasteiger partial charge in [0.25, 0.3) is 0 Å². The van der Waals surface area contributed by atoms with Crippen molar-refractivity contribution in [3.63, 3.8) is 0 Å². The van der Waals surface area contributed by atoms with Crippen LogP contribution in [0.4, 0.5) is 0 Å². The summed E-state index contributed by atoms with van der Waals surface area (Å²) in [5, 5.41) is 4.16. The summed E-state index contributed by atoms with van der Waals surface area (Å²) in [5.74, 6) is 1.56. The third kappa shape index (κ3) is 12.6. The predicted molar refractivity (Wildman–Crippen MR) is 146 cm³/mol. The van der Waals surface area contributed by atoms with E-state index >= 15 is 0 Å². The van der Waals surface area contributed by atoms with Gasteiger partial charge in [0, 0.05) is 62.7 Å². The first-order chi connectivity index (χ1) is 16.9. The van der Waals surface area contributed by atoms with Crippen molar-refractivity contribution in [2.45, 2.75) is 59.3 Å². The van der Waals surface area contributed by atoms with E-state index in [1.807, 2.05) is 35.7 Å². The third-order valence-electron chi connectivity index (χ3n) is 5.79. The molecule has 0 aliphatic carbocycles. The number of amidine groups is 1. The second-order valence-electron chi connectivity index (χ2n) is 8.33. The molecule has 2 rings (SSSR count). The van der Waals surface area contributed by atoms with Crippen molar-refractivity contribution in [3.05, 3.63) is 47.2 Å². The molecule has 0 saturated carbocycles. The lowest BCUT2D eigenvalue weighted by Gasteiger charge is -2.34. The van der Waals surface area contributed by atoms with E-state index in [-0.39, 0.29) is 0 Å². The first-order valence-corrected chi connectivity index (χ1v) is 12.6. The molecule has 1 unspecified atom stereocenters. The summed E-state index contributed by atoms with van der Waals surface area (Å²) < 4.78 is 0. The molecule has 1 fully saturated rings. The Morgan fingerprint density at radius 3 is 2.51 bits per heavy atom. The predicted octanol–water partition coefficient (Wildman–Crippen LogP) is 4.86. The zero-order chi connectivity index (χ0) is 26.6. The molecule has 1 atom stereocenters. The number of halogens is 1. The van der Waals surface area contributed by atoms with Gasteiger partial charge in [-0.1, -0.05) is 50.1 Å². The van der Waals surface area contributed by atoms with Gasteiger partial charge in [-0.25, -0.2) is 0 Å². The first kappa shape index (κ1) is 32.3. The van der Waals surface area contributed by atoms with Crippen molar-refractivity contribution >= 4 is 36.5 Å². The Kier molecular flexibility index (Phi) is 18.1. The lowest BCUT2D eigenvalue weighted by Crippen LogP contribution is -2.41. The summed E-state index contributed by atoms with van der Waals surface area (Å²) >= 11 is 6.03. The number of hydrogen-bond donors (Lipinski definition) is 1. The Morgan fingerprint density at radius 1 is 1.31 bits per heavy atom. The fourth-order valence-electron chi connectivity index (χ4n) is 4.00. The maximum absolute atomic E-state index is 11.2. The molecule has 0 aromatic heterocycles. The zero-order valence-electron chi connectivity index (χ0n) is 21.9. The molecular weight excluding hydrogens is 464 g/mol. The van der Waals surface area contributed by atoms with Crippen molar-refractivity contribution in [1.82, 2.24) is 15.1 Å². The Labute approximate surface area is 216 Å². The van der Waals surface area contributed by atoms with Crippen molar-refractivity contribution in [2.24, 2.45) is 10.9 Å². The van der Waals surface area contributed by atoms with Crippen LogP contribution in [0.5, 0.6) is 0 Å². The van der Waals surface area contributed by atoms with Crippen LogP contribution in [0.2, 0.25) is 0 Å². The highest BCUT2D eigenvalue weighted by molar-refractivity contribution is 6.31. The molecule has 2 heterocycles. The minimum absolute atomic E-state index is 0.326. The second kappa shape index (κ2) is 19.6. The Hall–Kier alpha value is -2.67. The largest absolute Gasteiger partial charge is 0.347 e. The van der Waals surface area contributed by atoms with Gasteiger partial charge < -0.3 is 19.9 Å².